The summed E-state index contributed by atoms with van der Waals surface area (Å²) < 4.78 is 28.8. The van der Waals surface area contributed by atoms with Gasteiger partial charge in [-0.2, -0.15) is 12.8 Å². The minimum absolute atomic E-state index is 0.208. The van der Waals surface area contributed by atoms with Crippen molar-refractivity contribution in [3.05, 3.63) is 63.2 Å². The van der Waals surface area contributed by atoms with E-state index in [-0.39, 0.29) is 4.90 Å². The predicted octanol–water partition coefficient (Wildman–Crippen LogP) is 3.41. The summed E-state index contributed by atoms with van der Waals surface area (Å²) in [5.74, 6) is 0. The predicted molar refractivity (Wildman–Crippen MR) is 85.1 cm³/mol. The van der Waals surface area contributed by atoms with E-state index in [2.05, 4.69) is 27.0 Å². The first-order valence-electron chi connectivity index (χ1n) is 5.60. The van der Waals surface area contributed by atoms with Crippen molar-refractivity contribution in [2.75, 3.05) is 0 Å². The summed E-state index contributed by atoms with van der Waals surface area (Å²) in [4.78, 5) is 0.208. The Hall–Kier alpha value is -1.21. The topological polar surface area (TPSA) is 46.5 Å². The van der Waals surface area contributed by atoms with Gasteiger partial charge in [0.25, 0.3) is 10.0 Å². The van der Waals surface area contributed by atoms with Crippen LogP contribution in [0, 0.1) is 10.5 Å². The molecule has 5 heteroatoms. The quantitative estimate of drug-likeness (QED) is 0.601. The minimum atomic E-state index is -3.62. The summed E-state index contributed by atoms with van der Waals surface area (Å²) >= 11 is 2.19. The summed E-state index contributed by atoms with van der Waals surface area (Å²) in [5, 5.41) is 0. The molecular formula is C14H12INO2S. The molecule has 0 heterocycles. The van der Waals surface area contributed by atoms with Gasteiger partial charge >= 0.3 is 0 Å². The summed E-state index contributed by atoms with van der Waals surface area (Å²) in [6.45, 7) is 1.91. The fraction of sp³-hybridized carbons (Fsp3) is 0.0714. The minimum Gasteiger partial charge on any atom is -0.199 e. The van der Waals surface area contributed by atoms with Crippen LogP contribution in [-0.2, 0) is 10.0 Å². The highest BCUT2D eigenvalue weighted by atomic mass is 127. The Morgan fingerprint density at radius 1 is 1.00 bits per heavy atom. The average molecular weight is 385 g/mol. The lowest BCUT2D eigenvalue weighted by atomic mass is 10.2. The van der Waals surface area contributed by atoms with E-state index in [4.69, 9.17) is 0 Å². The van der Waals surface area contributed by atoms with Crippen molar-refractivity contribution in [2.45, 2.75) is 11.8 Å². The van der Waals surface area contributed by atoms with E-state index < -0.39 is 10.0 Å². The number of rotatable bonds is 3. The van der Waals surface area contributed by atoms with E-state index in [1.54, 1.807) is 24.3 Å². The molecule has 0 atom stereocenters. The molecule has 0 aliphatic carbocycles. The Morgan fingerprint density at radius 2 is 1.58 bits per heavy atom. The molecule has 2 aromatic carbocycles. The second kappa shape index (κ2) is 5.83. The Kier molecular flexibility index (Phi) is 4.36. The summed E-state index contributed by atoms with van der Waals surface area (Å²) in [6, 6.07) is 14.1. The Balaban J connectivity index is 2.26. The summed E-state index contributed by atoms with van der Waals surface area (Å²) in [6.07, 6.45) is 1.37. The van der Waals surface area contributed by atoms with Crippen molar-refractivity contribution in [3.63, 3.8) is 0 Å². The monoisotopic (exact) mass is 385 g/mol. The molecule has 0 N–H and O–H groups in total. The molecule has 0 radical (unpaired) electrons. The number of halogens is 1. The third-order valence-electron chi connectivity index (χ3n) is 2.53. The van der Waals surface area contributed by atoms with Crippen LogP contribution in [0.3, 0.4) is 0 Å². The Bertz CT molecular complexity index is 689. The van der Waals surface area contributed by atoms with Gasteiger partial charge in [-0.15, -0.1) is 0 Å². The maximum Gasteiger partial charge on any atom is 0.282 e. The van der Waals surface area contributed by atoms with Gasteiger partial charge in [0.1, 0.15) is 0 Å². The molecule has 0 spiro atoms. The second-order valence-electron chi connectivity index (χ2n) is 4.07. The molecule has 0 amide bonds. The molecule has 2 aromatic rings. The van der Waals surface area contributed by atoms with E-state index in [0.717, 1.165) is 14.7 Å². The third-order valence-corrected chi connectivity index (χ3v) is 4.50. The van der Waals surface area contributed by atoms with Gasteiger partial charge in [0.05, 0.1) is 4.90 Å². The fourth-order valence-corrected chi connectivity index (χ4v) is 2.67. The highest BCUT2D eigenvalue weighted by Crippen LogP contribution is 2.13. The van der Waals surface area contributed by atoms with Crippen molar-refractivity contribution in [2.24, 2.45) is 4.40 Å². The SMILES string of the molecule is Cc1ccc(S(=O)(=O)/N=C/c2ccc(I)cc2)cc1. The fourth-order valence-electron chi connectivity index (χ4n) is 1.45. The Labute approximate surface area is 126 Å². The van der Waals surface area contributed by atoms with E-state index >= 15 is 0 Å². The van der Waals surface area contributed by atoms with Crippen molar-refractivity contribution < 1.29 is 8.42 Å². The molecule has 2 rings (SSSR count). The van der Waals surface area contributed by atoms with E-state index in [1.807, 2.05) is 31.2 Å². The number of aryl methyl sites for hydroxylation is 1. The summed E-state index contributed by atoms with van der Waals surface area (Å²) in [5.41, 5.74) is 1.77. The van der Waals surface area contributed by atoms with E-state index in [1.165, 1.54) is 6.21 Å². The molecule has 0 saturated carbocycles. The molecule has 0 fully saturated rings. The van der Waals surface area contributed by atoms with Crippen LogP contribution in [0.15, 0.2) is 57.8 Å². The normalized spacial score (nSPS) is 11.9. The highest BCUT2D eigenvalue weighted by Gasteiger charge is 2.10. The van der Waals surface area contributed by atoms with Crippen LogP contribution < -0.4 is 0 Å². The van der Waals surface area contributed by atoms with Crippen LogP contribution in [0.2, 0.25) is 0 Å². The first-order valence-corrected chi connectivity index (χ1v) is 8.12. The molecule has 19 heavy (non-hydrogen) atoms. The zero-order valence-electron chi connectivity index (χ0n) is 10.2. The van der Waals surface area contributed by atoms with Crippen LogP contribution in [-0.4, -0.2) is 14.6 Å². The molecule has 0 aliphatic heterocycles. The van der Waals surface area contributed by atoms with E-state index in [0.29, 0.717) is 0 Å². The third kappa shape index (κ3) is 3.87. The van der Waals surface area contributed by atoms with Crippen LogP contribution in [0.4, 0.5) is 0 Å². The van der Waals surface area contributed by atoms with Crippen LogP contribution in [0.5, 0.6) is 0 Å². The first kappa shape index (κ1) is 14.2. The number of sulfonamides is 1. The average Bonchev–Trinajstić information content (AvgIpc) is 2.39. The lowest BCUT2D eigenvalue weighted by molar-refractivity contribution is 0.598. The lowest BCUT2D eigenvalue weighted by Crippen LogP contribution is -1.97. The zero-order chi connectivity index (χ0) is 13.9. The molecule has 0 unspecified atom stereocenters. The largest absolute Gasteiger partial charge is 0.282 e. The smallest absolute Gasteiger partial charge is 0.199 e. The second-order valence-corrected chi connectivity index (χ2v) is 6.95. The maximum absolute atomic E-state index is 12.0. The number of nitrogens with zero attached hydrogens (tertiary/aromatic N) is 1. The number of benzene rings is 2. The molecule has 98 valence electrons. The molecule has 0 aliphatic rings. The molecule has 0 saturated heterocycles. The molecule has 3 nitrogen and oxygen atoms in total. The number of hydrogen-bond donors (Lipinski definition) is 0. The van der Waals surface area contributed by atoms with Crippen molar-refractivity contribution in [1.29, 1.82) is 0 Å². The molecular weight excluding hydrogens is 373 g/mol. The van der Waals surface area contributed by atoms with Crippen LogP contribution in [0.25, 0.3) is 0 Å². The van der Waals surface area contributed by atoms with Gasteiger partial charge in [-0.3, -0.25) is 0 Å². The van der Waals surface area contributed by atoms with Crippen LogP contribution in [0.1, 0.15) is 11.1 Å². The van der Waals surface area contributed by atoms with Gasteiger partial charge in [-0.25, -0.2) is 0 Å². The van der Waals surface area contributed by atoms with Gasteiger partial charge in [-0.05, 0) is 59.3 Å². The first-order chi connectivity index (χ1) is 8.97. The van der Waals surface area contributed by atoms with E-state index in [9.17, 15) is 8.42 Å². The van der Waals surface area contributed by atoms with Crippen molar-refractivity contribution in [3.8, 4) is 0 Å². The van der Waals surface area contributed by atoms with Gasteiger partial charge in [0.15, 0.2) is 0 Å². The zero-order valence-corrected chi connectivity index (χ0v) is 13.2. The van der Waals surface area contributed by atoms with Crippen molar-refractivity contribution >= 4 is 38.8 Å². The number of hydrogen-bond acceptors (Lipinski definition) is 2. The van der Waals surface area contributed by atoms with Gasteiger partial charge < -0.3 is 0 Å². The Morgan fingerprint density at radius 3 is 2.16 bits per heavy atom. The van der Waals surface area contributed by atoms with Gasteiger partial charge in [0, 0.05) is 9.78 Å². The summed E-state index contributed by atoms with van der Waals surface area (Å²) in [7, 11) is -3.62. The van der Waals surface area contributed by atoms with Gasteiger partial charge in [0.2, 0.25) is 0 Å². The molecule has 0 bridgehead atoms. The standard InChI is InChI=1S/C14H12INO2S/c1-11-2-8-14(9-3-11)19(17,18)16-10-12-4-6-13(15)7-5-12/h2-10H,1H3/b16-10+. The van der Waals surface area contributed by atoms with Gasteiger partial charge in [-0.1, -0.05) is 29.8 Å². The van der Waals surface area contributed by atoms with Crippen molar-refractivity contribution in [1.82, 2.24) is 0 Å². The van der Waals surface area contributed by atoms with Crippen LogP contribution >= 0.6 is 22.6 Å². The highest BCUT2D eigenvalue weighted by molar-refractivity contribution is 14.1. The maximum atomic E-state index is 12.0. The molecule has 0 aromatic heterocycles. The lowest BCUT2D eigenvalue weighted by Gasteiger charge is -1.99.